The molecule has 1 aromatic heterocycles. The Bertz CT molecular complexity index is 1210. The van der Waals surface area contributed by atoms with E-state index >= 15 is 0 Å². The van der Waals surface area contributed by atoms with E-state index in [4.69, 9.17) is 4.42 Å². The number of hydrogen-bond acceptors (Lipinski definition) is 5. The van der Waals surface area contributed by atoms with Crippen LogP contribution in [0.25, 0.3) is 11.5 Å². The largest absolute Gasteiger partial charge is 0.420 e. The first kappa shape index (κ1) is 22.3. The van der Waals surface area contributed by atoms with Crippen LogP contribution in [0.4, 0.5) is 22.0 Å². The van der Waals surface area contributed by atoms with Crippen molar-refractivity contribution < 1.29 is 34.8 Å². The highest BCUT2D eigenvalue weighted by Gasteiger charge is 2.36. The number of benzene rings is 2. The Morgan fingerprint density at radius 1 is 1.00 bits per heavy atom. The van der Waals surface area contributed by atoms with E-state index < -0.39 is 44.2 Å². The summed E-state index contributed by atoms with van der Waals surface area (Å²) in [7, 11) is -4.44. The van der Waals surface area contributed by atoms with Gasteiger partial charge in [0.05, 0.1) is 11.5 Å². The van der Waals surface area contributed by atoms with Crippen molar-refractivity contribution >= 4 is 10.0 Å². The Balaban J connectivity index is 1.55. The van der Waals surface area contributed by atoms with E-state index in [0.717, 1.165) is 34.6 Å². The standard InChI is InChI=1S/C20H16F5N3O3S/c21-15-4-1-5-16(22)17(15)32(29,30)28-10-2-3-13(11-28)19-27-26-18(31-19)12-6-8-14(9-7-12)20(23,24)25/h1,4-9,13H,2-3,10-11H2. The van der Waals surface area contributed by atoms with Gasteiger partial charge in [-0.2, -0.15) is 17.5 Å². The minimum absolute atomic E-state index is 0.0196. The van der Waals surface area contributed by atoms with Crippen LogP contribution in [0.5, 0.6) is 0 Å². The lowest BCUT2D eigenvalue weighted by atomic mass is 10.00. The van der Waals surface area contributed by atoms with Crippen LogP contribution in [0.3, 0.4) is 0 Å². The zero-order chi connectivity index (χ0) is 23.1. The molecular formula is C20H16F5N3O3S. The molecule has 6 nitrogen and oxygen atoms in total. The first-order valence-electron chi connectivity index (χ1n) is 9.52. The van der Waals surface area contributed by atoms with Crippen LogP contribution in [-0.4, -0.2) is 36.0 Å². The maximum absolute atomic E-state index is 14.1. The predicted molar refractivity (Wildman–Crippen MR) is 102 cm³/mol. The molecule has 32 heavy (non-hydrogen) atoms. The Morgan fingerprint density at radius 2 is 1.66 bits per heavy atom. The highest BCUT2D eigenvalue weighted by molar-refractivity contribution is 7.89. The minimum Gasteiger partial charge on any atom is -0.420 e. The summed E-state index contributed by atoms with van der Waals surface area (Å²) in [5.74, 6) is -2.84. The average Bonchev–Trinajstić information content (AvgIpc) is 3.23. The van der Waals surface area contributed by atoms with Crippen molar-refractivity contribution in [2.45, 2.75) is 29.8 Å². The van der Waals surface area contributed by atoms with Crippen LogP contribution < -0.4 is 0 Å². The van der Waals surface area contributed by atoms with Crippen LogP contribution in [0.1, 0.15) is 30.2 Å². The number of hydrogen-bond donors (Lipinski definition) is 0. The fourth-order valence-corrected chi connectivity index (χ4v) is 5.17. The normalized spacial score (nSPS) is 18.1. The quantitative estimate of drug-likeness (QED) is 0.518. The Labute approximate surface area is 179 Å². The van der Waals surface area contributed by atoms with E-state index in [2.05, 4.69) is 10.2 Å². The molecule has 1 unspecified atom stereocenters. The zero-order valence-electron chi connectivity index (χ0n) is 16.3. The van der Waals surface area contributed by atoms with Gasteiger partial charge in [-0.1, -0.05) is 6.07 Å². The summed E-state index contributed by atoms with van der Waals surface area (Å²) >= 11 is 0. The SMILES string of the molecule is O=S(=O)(c1c(F)cccc1F)N1CCCC(c2nnc(-c3ccc(C(F)(F)F)cc3)o2)C1. The van der Waals surface area contributed by atoms with Gasteiger partial charge in [0.15, 0.2) is 4.90 Å². The van der Waals surface area contributed by atoms with E-state index in [1.165, 1.54) is 12.1 Å². The van der Waals surface area contributed by atoms with Crippen molar-refractivity contribution in [3.8, 4) is 11.5 Å². The molecule has 1 fully saturated rings. The summed E-state index contributed by atoms with van der Waals surface area (Å²) in [6.07, 6.45) is -3.61. The Hall–Kier alpha value is -2.86. The number of aromatic nitrogens is 2. The molecule has 2 heterocycles. The maximum Gasteiger partial charge on any atom is 0.416 e. The summed E-state index contributed by atoms with van der Waals surface area (Å²) in [6.45, 7) is -0.0722. The fourth-order valence-electron chi connectivity index (χ4n) is 3.54. The number of piperidine rings is 1. The van der Waals surface area contributed by atoms with Crippen molar-refractivity contribution in [1.82, 2.24) is 14.5 Å². The van der Waals surface area contributed by atoms with Gasteiger partial charge in [-0.15, -0.1) is 10.2 Å². The third kappa shape index (κ3) is 4.24. The van der Waals surface area contributed by atoms with Gasteiger partial charge in [-0.05, 0) is 49.2 Å². The van der Waals surface area contributed by atoms with E-state index in [-0.39, 0.29) is 30.4 Å². The smallest absolute Gasteiger partial charge is 0.416 e. The second-order valence-corrected chi connectivity index (χ2v) is 9.15. The number of alkyl halides is 3. The fraction of sp³-hybridized carbons (Fsp3) is 0.300. The van der Waals surface area contributed by atoms with Gasteiger partial charge in [0.2, 0.25) is 21.8 Å². The molecule has 12 heteroatoms. The second kappa shape index (κ2) is 8.24. The molecule has 0 saturated carbocycles. The molecule has 1 aliphatic rings. The van der Waals surface area contributed by atoms with Crippen LogP contribution in [0, 0.1) is 11.6 Å². The highest BCUT2D eigenvalue weighted by atomic mass is 32.2. The summed E-state index contributed by atoms with van der Waals surface area (Å²) in [5, 5.41) is 7.74. The van der Waals surface area contributed by atoms with Crippen LogP contribution >= 0.6 is 0 Å². The first-order chi connectivity index (χ1) is 15.1. The first-order valence-corrected chi connectivity index (χ1v) is 11.0. The molecule has 4 rings (SSSR count). The molecule has 0 radical (unpaired) electrons. The van der Waals surface area contributed by atoms with Gasteiger partial charge in [0.1, 0.15) is 11.6 Å². The summed E-state index contributed by atoms with van der Waals surface area (Å²) in [5.41, 5.74) is -0.556. The zero-order valence-corrected chi connectivity index (χ0v) is 17.1. The topological polar surface area (TPSA) is 76.3 Å². The average molecular weight is 473 g/mol. The number of sulfonamides is 1. The van der Waals surface area contributed by atoms with Gasteiger partial charge in [-0.3, -0.25) is 0 Å². The molecule has 0 bridgehead atoms. The highest BCUT2D eigenvalue weighted by Crippen LogP contribution is 2.34. The molecule has 1 atom stereocenters. The van der Waals surface area contributed by atoms with Gasteiger partial charge >= 0.3 is 6.18 Å². The number of rotatable bonds is 4. The molecule has 0 aliphatic carbocycles. The van der Waals surface area contributed by atoms with E-state index in [1.54, 1.807) is 0 Å². The predicted octanol–water partition coefficient (Wildman–Crippen LogP) is 4.60. The lowest BCUT2D eigenvalue weighted by molar-refractivity contribution is -0.137. The lowest BCUT2D eigenvalue weighted by Crippen LogP contribution is -2.39. The molecule has 1 aliphatic heterocycles. The van der Waals surface area contributed by atoms with E-state index in [1.807, 2.05) is 0 Å². The molecule has 0 amide bonds. The molecule has 2 aromatic carbocycles. The Morgan fingerprint density at radius 3 is 2.28 bits per heavy atom. The van der Waals surface area contributed by atoms with Gasteiger partial charge in [0, 0.05) is 18.7 Å². The molecular weight excluding hydrogens is 457 g/mol. The van der Waals surface area contributed by atoms with E-state index in [9.17, 15) is 30.4 Å². The van der Waals surface area contributed by atoms with Crippen LogP contribution in [0.15, 0.2) is 51.8 Å². The van der Waals surface area contributed by atoms with Crippen LogP contribution in [0.2, 0.25) is 0 Å². The molecule has 0 spiro atoms. The number of nitrogens with zero attached hydrogens (tertiary/aromatic N) is 3. The summed E-state index contributed by atoms with van der Waals surface area (Å²) < 4.78 is 98.5. The third-order valence-corrected chi connectivity index (χ3v) is 7.07. The monoisotopic (exact) mass is 473 g/mol. The van der Waals surface area contributed by atoms with Gasteiger partial charge < -0.3 is 4.42 Å². The maximum atomic E-state index is 14.1. The molecule has 1 saturated heterocycles. The molecule has 3 aromatic rings. The molecule has 170 valence electrons. The molecule has 0 N–H and O–H groups in total. The van der Waals surface area contributed by atoms with Gasteiger partial charge in [0.25, 0.3) is 0 Å². The Kier molecular flexibility index (Phi) is 5.76. The number of halogens is 5. The lowest BCUT2D eigenvalue weighted by Gasteiger charge is -2.30. The van der Waals surface area contributed by atoms with Crippen molar-refractivity contribution in [2.24, 2.45) is 0 Å². The minimum atomic E-state index is -4.48. The summed E-state index contributed by atoms with van der Waals surface area (Å²) in [4.78, 5) is -1.02. The van der Waals surface area contributed by atoms with Crippen molar-refractivity contribution in [3.05, 3.63) is 65.6 Å². The van der Waals surface area contributed by atoms with Crippen molar-refractivity contribution in [3.63, 3.8) is 0 Å². The van der Waals surface area contributed by atoms with Crippen LogP contribution in [-0.2, 0) is 16.2 Å². The van der Waals surface area contributed by atoms with Gasteiger partial charge in [-0.25, -0.2) is 17.2 Å². The third-order valence-electron chi connectivity index (χ3n) is 5.15. The van der Waals surface area contributed by atoms with Crippen molar-refractivity contribution in [1.29, 1.82) is 0 Å². The summed E-state index contributed by atoms with van der Waals surface area (Å²) in [6, 6.07) is 6.97. The van der Waals surface area contributed by atoms with E-state index in [0.29, 0.717) is 12.8 Å². The second-order valence-electron chi connectivity index (χ2n) is 7.27. The van der Waals surface area contributed by atoms with Crippen molar-refractivity contribution in [2.75, 3.05) is 13.1 Å².